The maximum Gasteiger partial charge on any atom is 0.243 e. The van der Waals surface area contributed by atoms with Crippen LogP contribution in [0.1, 0.15) is 24.0 Å². The number of benzene rings is 3. The maximum absolute atomic E-state index is 12.9. The van der Waals surface area contributed by atoms with Crippen LogP contribution in [0.2, 0.25) is 0 Å². The Kier molecular flexibility index (Phi) is 7.11. The summed E-state index contributed by atoms with van der Waals surface area (Å²) in [5.74, 6) is 0.426. The number of piperidine rings is 1. The summed E-state index contributed by atoms with van der Waals surface area (Å²) in [5, 5.41) is 2.94. The molecule has 0 atom stereocenters. The molecule has 0 aromatic heterocycles. The molecule has 1 N–H and O–H groups in total. The highest BCUT2D eigenvalue weighted by Crippen LogP contribution is 2.25. The van der Waals surface area contributed by atoms with Crippen molar-refractivity contribution in [2.24, 2.45) is 5.92 Å². The molecule has 6 nitrogen and oxygen atoms in total. The highest BCUT2D eigenvalue weighted by atomic mass is 32.2. The van der Waals surface area contributed by atoms with Crippen molar-refractivity contribution in [2.75, 3.05) is 18.4 Å². The summed E-state index contributed by atoms with van der Waals surface area (Å²) in [7, 11) is -3.53. The molecule has 0 spiro atoms. The van der Waals surface area contributed by atoms with Gasteiger partial charge in [0, 0.05) is 24.7 Å². The Bertz CT molecular complexity index is 1170. The Hall–Kier alpha value is -3.16. The lowest BCUT2D eigenvalue weighted by atomic mass is 9.97. The number of hydrogen-bond donors (Lipinski definition) is 1. The number of amides is 1. The van der Waals surface area contributed by atoms with Gasteiger partial charge in [0.15, 0.2) is 0 Å². The molecule has 1 fully saturated rings. The summed E-state index contributed by atoms with van der Waals surface area (Å²) in [5.41, 5.74) is 2.80. The Balaban J connectivity index is 1.28. The van der Waals surface area contributed by atoms with E-state index in [4.69, 9.17) is 4.74 Å². The van der Waals surface area contributed by atoms with E-state index in [1.165, 1.54) is 4.31 Å². The van der Waals surface area contributed by atoms with Crippen molar-refractivity contribution in [2.45, 2.75) is 31.3 Å². The lowest BCUT2D eigenvalue weighted by Crippen LogP contribution is -2.41. The molecule has 33 heavy (non-hydrogen) atoms. The summed E-state index contributed by atoms with van der Waals surface area (Å²) < 4.78 is 33.0. The first kappa shape index (κ1) is 23.0. The van der Waals surface area contributed by atoms with Gasteiger partial charge in [0.2, 0.25) is 15.9 Å². The topological polar surface area (TPSA) is 75.7 Å². The standard InChI is InChI=1S/C26H28N2O4S/c1-20-7-13-25(14-8-20)33(30,31)28-17-15-22(16-18-28)26(29)27-23-9-11-24(12-10-23)32-19-21-5-3-2-4-6-21/h2-14,22H,15-19H2,1H3,(H,27,29). The van der Waals surface area contributed by atoms with Crippen LogP contribution in [-0.2, 0) is 21.4 Å². The van der Waals surface area contributed by atoms with Crippen molar-refractivity contribution in [1.29, 1.82) is 0 Å². The molecule has 1 aliphatic rings. The summed E-state index contributed by atoms with van der Waals surface area (Å²) in [6.07, 6.45) is 0.990. The van der Waals surface area contributed by atoms with E-state index in [9.17, 15) is 13.2 Å². The van der Waals surface area contributed by atoms with Crippen LogP contribution in [0.4, 0.5) is 5.69 Å². The van der Waals surface area contributed by atoms with Gasteiger partial charge in [0.25, 0.3) is 0 Å². The van der Waals surface area contributed by atoms with E-state index in [0.29, 0.717) is 43.1 Å². The number of aryl methyl sites for hydroxylation is 1. The van der Waals surface area contributed by atoms with Gasteiger partial charge < -0.3 is 10.1 Å². The van der Waals surface area contributed by atoms with Gasteiger partial charge in [-0.1, -0.05) is 48.0 Å². The number of rotatable bonds is 7. The average molecular weight is 465 g/mol. The third-order valence-corrected chi connectivity index (χ3v) is 7.77. The van der Waals surface area contributed by atoms with Gasteiger partial charge >= 0.3 is 0 Å². The van der Waals surface area contributed by atoms with Gasteiger partial charge in [0.1, 0.15) is 12.4 Å². The molecule has 0 unspecified atom stereocenters. The summed E-state index contributed by atoms with van der Waals surface area (Å²) in [6.45, 7) is 3.07. The van der Waals surface area contributed by atoms with Crippen molar-refractivity contribution in [3.63, 3.8) is 0 Å². The second-order valence-electron chi connectivity index (χ2n) is 8.28. The minimum atomic E-state index is -3.53. The molecular weight excluding hydrogens is 436 g/mol. The minimum absolute atomic E-state index is 0.0830. The Labute approximate surface area is 195 Å². The molecular formula is C26H28N2O4S. The van der Waals surface area contributed by atoms with Gasteiger partial charge in [0.05, 0.1) is 4.90 Å². The van der Waals surface area contributed by atoms with Crippen LogP contribution < -0.4 is 10.1 Å². The molecule has 0 bridgehead atoms. The van der Waals surface area contributed by atoms with Crippen LogP contribution in [0.25, 0.3) is 0 Å². The number of hydrogen-bond acceptors (Lipinski definition) is 4. The van der Waals surface area contributed by atoms with Gasteiger partial charge in [-0.05, 0) is 61.7 Å². The van der Waals surface area contributed by atoms with Crippen molar-refractivity contribution in [1.82, 2.24) is 4.31 Å². The van der Waals surface area contributed by atoms with E-state index < -0.39 is 10.0 Å². The maximum atomic E-state index is 12.9. The molecule has 0 aliphatic carbocycles. The van der Waals surface area contributed by atoms with Gasteiger partial charge in [-0.25, -0.2) is 8.42 Å². The fourth-order valence-electron chi connectivity index (χ4n) is 3.84. The van der Waals surface area contributed by atoms with Gasteiger partial charge in [-0.3, -0.25) is 4.79 Å². The molecule has 0 radical (unpaired) electrons. The molecule has 1 saturated heterocycles. The van der Waals surface area contributed by atoms with Crippen molar-refractivity contribution in [3.8, 4) is 5.75 Å². The third kappa shape index (κ3) is 5.80. The number of nitrogens with zero attached hydrogens (tertiary/aromatic N) is 1. The first-order valence-electron chi connectivity index (χ1n) is 11.1. The Morgan fingerprint density at radius 3 is 2.21 bits per heavy atom. The molecule has 1 aliphatic heterocycles. The van der Waals surface area contributed by atoms with Gasteiger partial charge in [-0.15, -0.1) is 0 Å². The Morgan fingerprint density at radius 1 is 0.939 bits per heavy atom. The van der Waals surface area contributed by atoms with Crippen LogP contribution in [0.5, 0.6) is 5.75 Å². The Morgan fingerprint density at radius 2 is 1.58 bits per heavy atom. The molecule has 7 heteroatoms. The van der Waals surface area contributed by atoms with E-state index in [1.54, 1.807) is 24.3 Å². The van der Waals surface area contributed by atoms with E-state index >= 15 is 0 Å². The van der Waals surface area contributed by atoms with Crippen molar-refractivity contribution < 1.29 is 17.9 Å². The zero-order valence-electron chi connectivity index (χ0n) is 18.6. The number of nitrogens with one attached hydrogen (secondary N) is 1. The molecule has 4 rings (SSSR count). The lowest BCUT2D eigenvalue weighted by molar-refractivity contribution is -0.120. The second-order valence-corrected chi connectivity index (χ2v) is 10.2. The highest BCUT2D eigenvalue weighted by Gasteiger charge is 2.32. The monoisotopic (exact) mass is 464 g/mol. The van der Waals surface area contributed by atoms with E-state index in [-0.39, 0.29) is 11.8 Å². The minimum Gasteiger partial charge on any atom is -0.489 e. The van der Waals surface area contributed by atoms with Crippen LogP contribution in [0.15, 0.2) is 83.8 Å². The van der Waals surface area contributed by atoms with E-state index in [0.717, 1.165) is 16.9 Å². The third-order valence-electron chi connectivity index (χ3n) is 5.85. The first-order valence-corrected chi connectivity index (χ1v) is 12.5. The fraction of sp³-hybridized carbons (Fsp3) is 0.269. The van der Waals surface area contributed by atoms with Crippen LogP contribution >= 0.6 is 0 Å². The highest BCUT2D eigenvalue weighted by molar-refractivity contribution is 7.89. The zero-order chi connectivity index (χ0) is 23.3. The van der Waals surface area contributed by atoms with Crippen LogP contribution in [0, 0.1) is 12.8 Å². The smallest absolute Gasteiger partial charge is 0.243 e. The predicted molar refractivity (Wildman–Crippen MR) is 129 cm³/mol. The van der Waals surface area contributed by atoms with Crippen LogP contribution in [0.3, 0.4) is 0 Å². The number of carbonyl (C=O) groups excluding carboxylic acids is 1. The number of carbonyl (C=O) groups is 1. The first-order chi connectivity index (χ1) is 15.9. The molecule has 0 saturated carbocycles. The van der Waals surface area contributed by atoms with Crippen molar-refractivity contribution >= 4 is 21.6 Å². The van der Waals surface area contributed by atoms with Crippen molar-refractivity contribution in [3.05, 3.63) is 90.0 Å². The number of ether oxygens (including phenoxy) is 1. The fourth-order valence-corrected chi connectivity index (χ4v) is 5.31. The molecule has 3 aromatic rings. The summed E-state index contributed by atoms with van der Waals surface area (Å²) >= 11 is 0. The SMILES string of the molecule is Cc1ccc(S(=O)(=O)N2CCC(C(=O)Nc3ccc(OCc4ccccc4)cc3)CC2)cc1. The van der Waals surface area contributed by atoms with Crippen LogP contribution in [-0.4, -0.2) is 31.7 Å². The summed E-state index contributed by atoms with van der Waals surface area (Å²) in [6, 6.07) is 24.1. The molecule has 1 amide bonds. The predicted octanol–water partition coefficient (Wildman–Crippen LogP) is 4.61. The van der Waals surface area contributed by atoms with E-state index in [2.05, 4.69) is 5.32 Å². The number of sulfonamides is 1. The molecule has 1 heterocycles. The molecule has 172 valence electrons. The second kappa shape index (κ2) is 10.2. The normalized spacial score (nSPS) is 15.2. The largest absolute Gasteiger partial charge is 0.489 e. The summed E-state index contributed by atoms with van der Waals surface area (Å²) in [4.78, 5) is 13.0. The quantitative estimate of drug-likeness (QED) is 0.554. The lowest BCUT2D eigenvalue weighted by Gasteiger charge is -2.30. The van der Waals surface area contributed by atoms with E-state index in [1.807, 2.05) is 61.5 Å². The zero-order valence-corrected chi connectivity index (χ0v) is 19.4. The average Bonchev–Trinajstić information content (AvgIpc) is 2.84. The number of anilines is 1. The van der Waals surface area contributed by atoms with Gasteiger partial charge in [-0.2, -0.15) is 4.31 Å². The molecule has 3 aromatic carbocycles.